The molecule has 4 rings (SSSR count). The van der Waals surface area contributed by atoms with Crippen molar-refractivity contribution in [2.45, 2.75) is 26.2 Å². The number of amides is 3. The monoisotopic (exact) mass is 494 g/mol. The third kappa shape index (κ3) is 4.44. The minimum absolute atomic E-state index is 0.116. The van der Waals surface area contributed by atoms with Gasteiger partial charge in [-0.05, 0) is 31.2 Å². The first kappa shape index (κ1) is 24.6. The molecule has 0 bridgehead atoms. The number of Topliss-reactive ketones (excluding diaryl/α,β-unsaturated/α-hetero) is 1. The van der Waals surface area contributed by atoms with Crippen LogP contribution in [0.2, 0.25) is 0 Å². The zero-order valence-electron chi connectivity index (χ0n) is 19.2. The molecule has 0 spiro atoms. The van der Waals surface area contributed by atoms with Crippen LogP contribution in [0, 0.1) is 38.0 Å². The Kier molecular flexibility index (Phi) is 6.60. The number of nitro groups is 2. The molecule has 1 aliphatic heterocycles. The number of hydrogen-bond acceptors (Lipinski definition) is 8. The highest BCUT2D eigenvalue weighted by Gasteiger charge is 2.53. The number of ketones is 1. The van der Waals surface area contributed by atoms with E-state index in [1.165, 1.54) is 36.4 Å². The average molecular weight is 494 g/mol. The van der Waals surface area contributed by atoms with Crippen molar-refractivity contribution in [2.75, 3.05) is 6.54 Å². The molecule has 3 atom stereocenters. The van der Waals surface area contributed by atoms with Gasteiger partial charge in [0.15, 0.2) is 5.78 Å². The van der Waals surface area contributed by atoms with Crippen LogP contribution in [0.1, 0.15) is 46.9 Å². The van der Waals surface area contributed by atoms with Gasteiger partial charge in [-0.25, -0.2) is 5.01 Å². The van der Waals surface area contributed by atoms with Crippen molar-refractivity contribution in [2.24, 2.45) is 17.8 Å². The van der Waals surface area contributed by atoms with E-state index >= 15 is 0 Å². The van der Waals surface area contributed by atoms with Gasteiger partial charge in [-0.2, -0.15) is 5.01 Å². The number of imide groups is 1. The van der Waals surface area contributed by atoms with Gasteiger partial charge in [-0.15, -0.1) is 0 Å². The highest BCUT2D eigenvalue weighted by molar-refractivity contribution is 6.10. The van der Waals surface area contributed by atoms with E-state index in [9.17, 15) is 39.4 Å². The van der Waals surface area contributed by atoms with Gasteiger partial charge in [0.05, 0.1) is 21.7 Å². The number of non-ortho nitro benzene ring substituents is 1. The lowest BCUT2D eigenvalue weighted by Gasteiger charge is -2.30. The molecule has 0 N–H and O–H groups in total. The normalized spacial score (nSPS) is 21.1. The van der Waals surface area contributed by atoms with Crippen LogP contribution >= 0.6 is 0 Å². The molecule has 2 aliphatic rings. The summed E-state index contributed by atoms with van der Waals surface area (Å²) in [6.45, 7) is 1.14. The second kappa shape index (κ2) is 9.64. The predicted molar refractivity (Wildman–Crippen MR) is 123 cm³/mol. The largest absolute Gasteiger partial charge is 0.292 e. The van der Waals surface area contributed by atoms with Gasteiger partial charge in [0, 0.05) is 23.8 Å². The first-order valence-corrected chi connectivity index (χ1v) is 11.3. The lowest BCUT2D eigenvalue weighted by Crippen LogP contribution is -2.52. The quantitative estimate of drug-likeness (QED) is 0.245. The third-order valence-corrected chi connectivity index (χ3v) is 6.64. The summed E-state index contributed by atoms with van der Waals surface area (Å²) >= 11 is 0. The molecule has 1 saturated carbocycles. The number of para-hydroxylation sites is 1. The van der Waals surface area contributed by atoms with Gasteiger partial charge in [0.25, 0.3) is 29.1 Å². The molecule has 2 aromatic carbocycles. The lowest BCUT2D eigenvalue weighted by atomic mass is 9.76. The summed E-state index contributed by atoms with van der Waals surface area (Å²) in [5, 5.41) is 23.9. The molecule has 3 amide bonds. The Morgan fingerprint density at radius 2 is 1.67 bits per heavy atom. The van der Waals surface area contributed by atoms with Gasteiger partial charge in [-0.3, -0.25) is 39.4 Å². The van der Waals surface area contributed by atoms with Crippen molar-refractivity contribution in [3.05, 3.63) is 79.9 Å². The van der Waals surface area contributed by atoms with Crippen molar-refractivity contribution in [1.29, 1.82) is 0 Å². The third-order valence-electron chi connectivity index (χ3n) is 6.64. The Labute approximate surface area is 204 Å². The van der Waals surface area contributed by atoms with E-state index in [1.54, 1.807) is 0 Å². The second-order valence-corrected chi connectivity index (χ2v) is 8.99. The Morgan fingerprint density at radius 3 is 2.36 bits per heavy atom. The fraction of sp³-hybridized carbons (Fsp3) is 0.333. The molecular weight excluding hydrogens is 472 g/mol. The van der Waals surface area contributed by atoms with Crippen LogP contribution in [-0.4, -0.2) is 49.9 Å². The first-order valence-electron chi connectivity index (χ1n) is 11.3. The molecule has 0 unspecified atom stereocenters. The Morgan fingerprint density at radius 1 is 0.972 bits per heavy atom. The number of hydrogen-bond donors (Lipinski definition) is 0. The average Bonchev–Trinajstić information content (AvgIpc) is 3.10. The lowest BCUT2D eigenvalue weighted by molar-refractivity contribution is -0.385. The van der Waals surface area contributed by atoms with Crippen LogP contribution in [0.25, 0.3) is 0 Å². The molecule has 186 valence electrons. The standard InChI is InChI=1S/C24H22N4O8/c1-14-9-10-17-19(11-14)24(32)26(23(17)31)25(22(30)18-7-2-3-8-20(18)28(35)36)13-21(29)15-5-4-6-16(12-15)27(33)34/h2-8,12,14,17,19H,9-11,13H2,1H3/t14-,17-,19-/m1/s1. The molecule has 12 heteroatoms. The Hall–Kier alpha value is -4.48. The van der Waals surface area contributed by atoms with Crippen LogP contribution in [-0.2, 0) is 9.59 Å². The maximum absolute atomic E-state index is 13.6. The fourth-order valence-electron chi connectivity index (χ4n) is 4.82. The smallest absolute Gasteiger partial charge is 0.282 e. The molecule has 2 fully saturated rings. The molecule has 1 heterocycles. The molecule has 36 heavy (non-hydrogen) atoms. The maximum atomic E-state index is 13.6. The van der Waals surface area contributed by atoms with E-state index < -0.39 is 63.0 Å². The second-order valence-electron chi connectivity index (χ2n) is 8.99. The van der Waals surface area contributed by atoms with Gasteiger partial charge >= 0.3 is 0 Å². The zero-order chi connectivity index (χ0) is 26.1. The summed E-state index contributed by atoms with van der Waals surface area (Å²) in [5.41, 5.74) is -1.43. The van der Waals surface area contributed by atoms with Crippen molar-refractivity contribution >= 4 is 34.9 Å². The Bertz CT molecular complexity index is 1290. The minimum atomic E-state index is -1.07. The minimum Gasteiger partial charge on any atom is -0.292 e. The van der Waals surface area contributed by atoms with E-state index in [1.807, 2.05) is 6.92 Å². The summed E-state index contributed by atoms with van der Waals surface area (Å²) in [6.07, 6.45) is 1.61. The van der Waals surface area contributed by atoms with Gasteiger partial charge < -0.3 is 0 Å². The van der Waals surface area contributed by atoms with Crippen LogP contribution in [0.3, 0.4) is 0 Å². The van der Waals surface area contributed by atoms with Crippen molar-refractivity contribution in [1.82, 2.24) is 10.0 Å². The maximum Gasteiger partial charge on any atom is 0.282 e. The summed E-state index contributed by atoms with van der Waals surface area (Å²) in [5.74, 6) is -4.26. The van der Waals surface area contributed by atoms with Crippen LogP contribution in [0.4, 0.5) is 11.4 Å². The van der Waals surface area contributed by atoms with Gasteiger partial charge in [0.1, 0.15) is 12.1 Å². The van der Waals surface area contributed by atoms with Crippen LogP contribution < -0.4 is 0 Å². The van der Waals surface area contributed by atoms with Gasteiger partial charge in [0.2, 0.25) is 0 Å². The van der Waals surface area contributed by atoms with E-state index in [0.29, 0.717) is 22.9 Å². The summed E-state index contributed by atoms with van der Waals surface area (Å²) < 4.78 is 0. The number of nitro benzene ring substituents is 2. The number of hydrazine groups is 1. The van der Waals surface area contributed by atoms with Crippen LogP contribution in [0.15, 0.2) is 48.5 Å². The zero-order valence-corrected chi connectivity index (χ0v) is 19.2. The van der Waals surface area contributed by atoms with E-state index in [2.05, 4.69) is 0 Å². The van der Waals surface area contributed by atoms with E-state index in [-0.39, 0.29) is 17.2 Å². The highest BCUT2D eigenvalue weighted by Crippen LogP contribution is 2.41. The molecule has 2 aromatic rings. The number of rotatable bonds is 7. The molecule has 1 aliphatic carbocycles. The number of nitrogens with zero attached hydrogens (tertiary/aromatic N) is 4. The summed E-state index contributed by atoms with van der Waals surface area (Å²) in [6, 6.07) is 9.82. The van der Waals surface area contributed by atoms with E-state index in [4.69, 9.17) is 0 Å². The number of fused-ring (bicyclic) bond motifs is 1. The predicted octanol–water partition coefficient (Wildman–Crippen LogP) is 3.16. The van der Waals surface area contributed by atoms with E-state index in [0.717, 1.165) is 18.6 Å². The van der Waals surface area contributed by atoms with Crippen LogP contribution in [0.5, 0.6) is 0 Å². The highest BCUT2D eigenvalue weighted by atomic mass is 16.6. The molecule has 0 aromatic heterocycles. The number of carbonyl (C=O) groups is 4. The van der Waals surface area contributed by atoms with Crippen molar-refractivity contribution in [3.63, 3.8) is 0 Å². The van der Waals surface area contributed by atoms with Gasteiger partial charge in [-0.1, -0.05) is 31.2 Å². The SMILES string of the molecule is C[C@@H]1CC[C@H]2C(=O)N(N(CC(=O)c3cccc([N+](=O)[O-])c3)C(=O)c3ccccc3[N+](=O)[O-])C(=O)[C@@H]2C1. The number of benzene rings is 2. The summed E-state index contributed by atoms with van der Waals surface area (Å²) in [7, 11) is 0. The molecule has 0 radical (unpaired) electrons. The topological polar surface area (TPSA) is 161 Å². The first-order chi connectivity index (χ1) is 17.1. The molecular formula is C24H22N4O8. The Balaban J connectivity index is 1.75. The molecule has 1 saturated heterocycles. The molecule has 12 nitrogen and oxygen atoms in total. The fourth-order valence-corrected chi connectivity index (χ4v) is 4.82. The number of carbonyl (C=O) groups excluding carboxylic acids is 4. The van der Waals surface area contributed by atoms with Crippen molar-refractivity contribution in [3.8, 4) is 0 Å². The van der Waals surface area contributed by atoms with Crippen molar-refractivity contribution < 1.29 is 29.0 Å². The summed E-state index contributed by atoms with van der Waals surface area (Å²) in [4.78, 5) is 74.5.